The van der Waals surface area contributed by atoms with Crippen LogP contribution >= 0.6 is 0 Å². The predicted octanol–water partition coefficient (Wildman–Crippen LogP) is 3.61. The van der Waals surface area contributed by atoms with Gasteiger partial charge in [-0.15, -0.1) is 0 Å². The number of anilines is 1. The molecule has 2 rings (SSSR count). The predicted molar refractivity (Wildman–Crippen MR) is 80.4 cm³/mol. The molecule has 0 saturated heterocycles. The smallest absolute Gasteiger partial charge is 0.428 e. The Bertz CT molecular complexity index is 612. The molecule has 2 N–H and O–H groups in total. The summed E-state index contributed by atoms with van der Waals surface area (Å²) in [7, 11) is 0. The molecule has 1 amide bonds. The minimum atomic E-state index is -4.49. The normalized spacial score (nSPS) is 15.0. The Morgan fingerprint density at radius 3 is 2.70 bits per heavy atom. The number of rotatable bonds is 5. The molecule has 0 spiro atoms. The summed E-state index contributed by atoms with van der Waals surface area (Å²) in [5.41, 5.74) is 1.84. The van der Waals surface area contributed by atoms with Gasteiger partial charge in [0.05, 0.1) is 5.56 Å². The number of carbonyl (C=O) groups is 1. The molecular weight excluding hydrogens is 311 g/mol. The van der Waals surface area contributed by atoms with Gasteiger partial charge in [0, 0.05) is 17.8 Å². The lowest BCUT2D eigenvalue weighted by atomic mass is 10.0. The molecule has 5 nitrogen and oxygen atoms in total. The first kappa shape index (κ1) is 17.1. The van der Waals surface area contributed by atoms with Crippen molar-refractivity contribution in [3.05, 3.63) is 29.3 Å². The van der Waals surface area contributed by atoms with Crippen LogP contribution in [0.2, 0.25) is 0 Å². The van der Waals surface area contributed by atoms with Crippen molar-refractivity contribution < 1.29 is 22.7 Å². The SMILES string of the molecule is CC(C)CCNc1ccc(C2=NNC(=O)OC2)cc1C(F)(F)F. The number of cyclic esters (lactones) is 1. The van der Waals surface area contributed by atoms with Gasteiger partial charge in [0.2, 0.25) is 0 Å². The van der Waals surface area contributed by atoms with Crippen molar-refractivity contribution in [3.63, 3.8) is 0 Å². The molecule has 0 fully saturated rings. The maximum absolute atomic E-state index is 13.3. The van der Waals surface area contributed by atoms with Crippen LogP contribution in [0.25, 0.3) is 0 Å². The van der Waals surface area contributed by atoms with Gasteiger partial charge in [-0.3, -0.25) is 0 Å². The molecule has 0 atom stereocenters. The van der Waals surface area contributed by atoms with Crippen LogP contribution in [-0.4, -0.2) is 25.0 Å². The number of carbonyl (C=O) groups excluding carboxylic acids is 1. The largest absolute Gasteiger partial charge is 0.442 e. The molecule has 8 heteroatoms. The number of alkyl halides is 3. The monoisotopic (exact) mass is 329 g/mol. The standard InChI is InChI=1S/C15H18F3N3O2/c1-9(2)5-6-19-12-4-3-10(7-11(12)15(16,17)18)13-8-23-14(22)21-20-13/h3-4,7,9,19H,5-6,8H2,1-2H3,(H,21,22). The van der Waals surface area contributed by atoms with Crippen LogP contribution in [0.15, 0.2) is 23.3 Å². The number of hydrogen-bond donors (Lipinski definition) is 2. The maximum Gasteiger partial charge on any atom is 0.428 e. The third-order valence-electron chi connectivity index (χ3n) is 3.32. The number of halogens is 3. The Morgan fingerprint density at radius 2 is 2.13 bits per heavy atom. The van der Waals surface area contributed by atoms with E-state index in [4.69, 9.17) is 4.74 Å². The van der Waals surface area contributed by atoms with Crippen molar-refractivity contribution in [2.45, 2.75) is 26.4 Å². The van der Waals surface area contributed by atoms with Crippen molar-refractivity contribution in [2.24, 2.45) is 11.0 Å². The van der Waals surface area contributed by atoms with Gasteiger partial charge in [0.1, 0.15) is 12.3 Å². The first-order valence-corrected chi connectivity index (χ1v) is 7.22. The van der Waals surface area contributed by atoms with Crippen molar-refractivity contribution >= 4 is 17.5 Å². The van der Waals surface area contributed by atoms with E-state index in [-0.39, 0.29) is 23.6 Å². The van der Waals surface area contributed by atoms with Gasteiger partial charge < -0.3 is 10.1 Å². The Hall–Kier alpha value is -2.25. The summed E-state index contributed by atoms with van der Waals surface area (Å²) in [6.07, 6.45) is -4.45. The van der Waals surface area contributed by atoms with E-state index in [0.717, 1.165) is 12.5 Å². The van der Waals surface area contributed by atoms with Crippen LogP contribution in [0.1, 0.15) is 31.4 Å². The summed E-state index contributed by atoms with van der Waals surface area (Å²) in [4.78, 5) is 10.9. The van der Waals surface area contributed by atoms with Crippen molar-refractivity contribution in [1.29, 1.82) is 0 Å². The third-order valence-corrected chi connectivity index (χ3v) is 3.32. The quantitative estimate of drug-likeness (QED) is 0.867. The number of nitrogens with zero attached hydrogens (tertiary/aromatic N) is 1. The van der Waals surface area contributed by atoms with E-state index >= 15 is 0 Å². The molecule has 0 radical (unpaired) electrons. The third kappa shape index (κ3) is 4.61. The molecule has 1 aliphatic heterocycles. The summed E-state index contributed by atoms with van der Waals surface area (Å²) >= 11 is 0. The van der Waals surface area contributed by atoms with Gasteiger partial charge in [-0.1, -0.05) is 19.9 Å². The summed E-state index contributed by atoms with van der Waals surface area (Å²) in [6.45, 7) is 4.30. The fourth-order valence-corrected chi connectivity index (χ4v) is 2.07. The molecule has 1 heterocycles. The number of ether oxygens (including phenoxy) is 1. The number of benzene rings is 1. The first-order valence-electron chi connectivity index (χ1n) is 7.22. The van der Waals surface area contributed by atoms with E-state index in [1.165, 1.54) is 12.1 Å². The van der Waals surface area contributed by atoms with Crippen molar-refractivity contribution in [3.8, 4) is 0 Å². The van der Waals surface area contributed by atoms with Crippen LogP contribution in [0, 0.1) is 5.92 Å². The minimum absolute atomic E-state index is 0.0308. The summed E-state index contributed by atoms with van der Waals surface area (Å²) in [6, 6.07) is 3.90. The van der Waals surface area contributed by atoms with Crippen LogP contribution in [0.4, 0.5) is 23.7 Å². The number of hydrazone groups is 1. The lowest BCUT2D eigenvalue weighted by Crippen LogP contribution is -2.30. The summed E-state index contributed by atoms with van der Waals surface area (Å²) in [5.74, 6) is 0.397. The van der Waals surface area contributed by atoms with Crippen molar-refractivity contribution in [2.75, 3.05) is 18.5 Å². The minimum Gasteiger partial charge on any atom is -0.442 e. The molecule has 0 unspecified atom stereocenters. The number of nitrogens with one attached hydrogen (secondary N) is 2. The van der Waals surface area contributed by atoms with Gasteiger partial charge in [-0.2, -0.15) is 18.3 Å². The second kappa shape index (κ2) is 6.89. The lowest BCUT2D eigenvalue weighted by molar-refractivity contribution is -0.137. The second-order valence-electron chi connectivity index (χ2n) is 5.61. The zero-order chi connectivity index (χ0) is 17.0. The van der Waals surface area contributed by atoms with Crippen molar-refractivity contribution in [1.82, 2.24) is 5.43 Å². The van der Waals surface area contributed by atoms with Gasteiger partial charge in [0.25, 0.3) is 0 Å². The van der Waals surface area contributed by atoms with Crippen LogP contribution in [0.5, 0.6) is 0 Å². The van der Waals surface area contributed by atoms with E-state index in [1.54, 1.807) is 0 Å². The van der Waals surface area contributed by atoms with E-state index in [9.17, 15) is 18.0 Å². The van der Waals surface area contributed by atoms with Gasteiger partial charge in [-0.25, -0.2) is 10.2 Å². The fourth-order valence-electron chi connectivity index (χ4n) is 2.07. The van der Waals surface area contributed by atoms with E-state index in [2.05, 4.69) is 15.8 Å². The Balaban J connectivity index is 2.26. The lowest BCUT2D eigenvalue weighted by Gasteiger charge is -2.18. The molecule has 0 aromatic heterocycles. The fraction of sp³-hybridized carbons (Fsp3) is 0.467. The second-order valence-corrected chi connectivity index (χ2v) is 5.61. The molecule has 1 aromatic rings. The van der Waals surface area contributed by atoms with E-state index < -0.39 is 17.8 Å². The van der Waals surface area contributed by atoms with Crippen LogP contribution in [-0.2, 0) is 10.9 Å². The molecule has 1 aliphatic rings. The summed E-state index contributed by atoms with van der Waals surface area (Å²) < 4.78 is 44.5. The highest BCUT2D eigenvalue weighted by Gasteiger charge is 2.34. The van der Waals surface area contributed by atoms with Crippen LogP contribution in [0.3, 0.4) is 0 Å². The first-order chi connectivity index (χ1) is 10.8. The average Bonchev–Trinajstić information content (AvgIpc) is 2.47. The highest BCUT2D eigenvalue weighted by atomic mass is 19.4. The Morgan fingerprint density at radius 1 is 1.39 bits per heavy atom. The van der Waals surface area contributed by atoms with Gasteiger partial charge in [0.15, 0.2) is 0 Å². The molecule has 23 heavy (non-hydrogen) atoms. The molecule has 126 valence electrons. The molecular formula is C15H18F3N3O2. The number of hydrogen-bond acceptors (Lipinski definition) is 4. The molecule has 0 aliphatic carbocycles. The Labute approximate surface area is 131 Å². The zero-order valence-corrected chi connectivity index (χ0v) is 12.8. The number of amides is 1. The highest BCUT2D eigenvalue weighted by molar-refractivity contribution is 6.04. The molecule has 0 bridgehead atoms. The summed E-state index contributed by atoms with van der Waals surface area (Å²) in [5, 5.41) is 6.55. The Kier molecular flexibility index (Phi) is 5.12. The zero-order valence-electron chi connectivity index (χ0n) is 12.8. The van der Waals surface area contributed by atoms with Gasteiger partial charge >= 0.3 is 12.3 Å². The maximum atomic E-state index is 13.3. The molecule has 0 saturated carbocycles. The molecule has 1 aromatic carbocycles. The van der Waals surface area contributed by atoms with Crippen LogP contribution < -0.4 is 10.7 Å². The van der Waals surface area contributed by atoms with E-state index in [1.807, 2.05) is 13.8 Å². The van der Waals surface area contributed by atoms with E-state index in [0.29, 0.717) is 12.5 Å². The average molecular weight is 329 g/mol. The highest BCUT2D eigenvalue weighted by Crippen LogP contribution is 2.35. The topological polar surface area (TPSA) is 62.7 Å². The van der Waals surface area contributed by atoms with Gasteiger partial charge in [-0.05, 0) is 24.5 Å².